The Balaban J connectivity index is 2.12. The predicted octanol–water partition coefficient (Wildman–Crippen LogP) is 2.26. The van der Waals surface area contributed by atoms with Crippen molar-refractivity contribution in [2.75, 3.05) is 36.9 Å². The van der Waals surface area contributed by atoms with Crippen LogP contribution in [-0.2, 0) is 4.74 Å². The van der Waals surface area contributed by atoms with Gasteiger partial charge in [0.15, 0.2) is 0 Å². The molecule has 0 spiro atoms. The first-order valence-electron chi connectivity index (χ1n) is 5.96. The van der Waals surface area contributed by atoms with E-state index in [2.05, 4.69) is 29.2 Å². The van der Waals surface area contributed by atoms with Crippen LogP contribution >= 0.6 is 0 Å². The molecule has 1 aliphatic rings. The second kappa shape index (κ2) is 4.26. The monoisotopic (exact) mass is 228 g/mol. The molecule has 1 fully saturated rings. The van der Waals surface area contributed by atoms with E-state index in [1.54, 1.807) is 0 Å². The molecular weight excluding hydrogens is 212 g/mol. The van der Waals surface area contributed by atoms with Crippen LogP contribution < -0.4 is 10.6 Å². The minimum absolute atomic E-state index is 0.804. The van der Waals surface area contributed by atoms with E-state index >= 15 is 0 Å². The fourth-order valence-electron chi connectivity index (χ4n) is 2.39. The molecule has 0 aliphatic carbocycles. The molecule has 1 heterocycles. The molecule has 0 atom stereocenters. The van der Waals surface area contributed by atoms with Crippen LogP contribution in [0.4, 0.5) is 11.4 Å². The summed E-state index contributed by atoms with van der Waals surface area (Å²) < 4.78 is 5.39. The first-order valence-corrected chi connectivity index (χ1v) is 5.96. The molecule has 88 valence electrons. The standard InChI is InChI=1S/C14H16N2O/c15-13-5-6-14(16-7-9-17-10-8-16)12-4-2-1-3-11(12)13/h1-6H,7-10,15H2. The number of nitrogen functional groups attached to an aromatic ring is 1. The van der Waals surface area contributed by atoms with E-state index in [-0.39, 0.29) is 0 Å². The SMILES string of the molecule is Nc1ccc(N2CCOCC2)c2ccccc12. The normalized spacial score (nSPS) is 16.4. The number of rotatable bonds is 1. The highest BCUT2D eigenvalue weighted by atomic mass is 16.5. The van der Waals surface area contributed by atoms with Crippen molar-refractivity contribution in [3.8, 4) is 0 Å². The maximum atomic E-state index is 6.01. The van der Waals surface area contributed by atoms with Crippen molar-refractivity contribution in [3.05, 3.63) is 36.4 Å². The fraction of sp³-hybridized carbons (Fsp3) is 0.286. The van der Waals surface area contributed by atoms with E-state index in [0.717, 1.165) is 37.4 Å². The van der Waals surface area contributed by atoms with Gasteiger partial charge in [0.2, 0.25) is 0 Å². The lowest BCUT2D eigenvalue weighted by molar-refractivity contribution is 0.123. The number of benzene rings is 2. The second-order valence-electron chi connectivity index (χ2n) is 4.32. The van der Waals surface area contributed by atoms with Gasteiger partial charge >= 0.3 is 0 Å². The Labute approximate surface area is 101 Å². The minimum atomic E-state index is 0.804. The zero-order valence-electron chi connectivity index (χ0n) is 9.73. The van der Waals surface area contributed by atoms with E-state index in [9.17, 15) is 0 Å². The molecule has 17 heavy (non-hydrogen) atoms. The third kappa shape index (κ3) is 1.83. The van der Waals surface area contributed by atoms with Gasteiger partial charge in [-0.15, -0.1) is 0 Å². The molecular formula is C14H16N2O. The third-order valence-electron chi connectivity index (χ3n) is 3.29. The van der Waals surface area contributed by atoms with Crippen LogP contribution in [0.3, 0.4) is 0 Å². The van der Waals surface area contributed by atoms with Gasteiger partial charge in [0.05, 0.1) is 13.2 Å². The number of fused-ring (bicyclic) bond motifs is 1. The molecule has 0 saturated carbocycles. The van der Waals surface area contributed by atoms with E-state index in [1.165, 1.54) is 11.1 Å². The molecule has 0 unspecified atom stereocenters. The number of hydrogen-bond acceptors (Lipinski definition) is 3. The van der Waals surface area contributed by atoms with Crippen LogP contribution in [0.25, 0.3) is 10.8 Å². The quantitative estimate of drug-likeness (QED) is 0.761. The van der Waals surface area contributed by atoms with Crippen LogP contribution in [0.15, 0.2) is 36.4 Å². The molecule has 0 aromatic heterocycles. The van der Waals surface area contributed by atoms with Gasteiger partial charge in [0.1, 0.15) is 0 Å². The van der Waals surface area contributed by atoms with Crippen LogP contribution in [0.2, 0.25) is 0 Å². The van der Waals surface area contributed by atoms with Crippen LogP contribution in [0.1, 0.15) is 0 Å². The van der Waals surface area contributed by atoms with E-state index in [4.69, 9.17) is 10.5 Å². The summed E-state index contributed by atoms with van der Waals surface area (Å²) in [5, 5.41) is 2.37. The van der Waals surface area contributed by atoms with E-state index in [1.807, 2.05) is 12.1 Å². The Bertz CT molecular complexity index is 533. The summed E-state index contributed by atoms with van der Waals surface area (Å²) in [6, 6.07) is 12.4. The lowest BCUT2D eigenvalue weighted by Gasteiger charge is -2.30. The number of nitrogens with zero attached hydrogens (tertiary/aromatic N) is 1. The fourth-order valence-corrected chi connectivity index (χ4v) is 2.39. The molecule has 1 aliphatic heterocycles. The summed E-state index contributed by atoms with van der Waals surface area (Å²) in [6.45, 7) is 3.51. The predicted molar refractivity (Wildman–Crippen MR) is 71.4 cm³/mol. The summed E-state index contributed by atoms with van der Waals surface area (Å²) >= 11 is 0. The second-order valence-corrected chi connectivity index (χ2v) is 4.32. The molecule has 2 aromatic rings. The average molecular weight is 228 g/mol. The van der Waals surface area contributed by atoms with Crippen LogP contribution in [0, 0.1) is 0 Å². The Morgan fingerprint density at radius 3 is 2.41 bits per heavy atom. The zero-order chi connectivity index (χ0) is 11.7. The summed E-state index contributed by atoms with van der Waals surface area (Å²) in [5.41, 5.74) is 8.12. The Morgan fingerprint density at radius 2 is 1.65 bits per heavy atom. The van der Waals surface area contributed by atoms with Gasteiger partial charge in [-0.3, -0.25) is 0 Å². The highest BCUT2D eigenvalue weighted by molar-refractivity contribution is 6.01. The van der Waals surface area contributed by atoms with Crippen LogP contribution in [-0.4, -0.2) is 26.3 Å². The van der Waals surface area contributed by atoms with Gasteiger partial charge in [-0.2, -0.15) is 0 Å². The number of nitrogens with two attached hydrogens (primary N) is 1. The van der Waals surface area contributed by atoms with Gasteiger partial charge in [0, 0.05) is 35.2 Å². The van der Waals surface area contributed by atoms with Gasteiger partial charge in [-0.1, -0.05) is 24.3 Å². The highest BCUT2D eigenvalue weighted by Crippen LogP contribution is 2.31. The minimum Gasteiger partial charge on any atom is -0.398 e. The lowest BCUT2D eigenvalue weighted by Crippen LogP contribution is -2.36. The van der Waals surface area contributed by atoms with Gasteiger partial charge in [0.25, 0.3) is 0 Å². The molecule has 0 radical (unpaired) electrons. The van der Waals surface area contributed by atoms with E-state index in [0.29, 0.717) is 0 Å². The van der Waals surface area contributed by atoms with Crippen molar-refractivity contribution in [3.63, 3.8) is 0 Å². The Hall–Kier alpha value is -1.74. The maximum absolute atomic E-state index is 6.01. The molecule has 2 aromatic carbocycles. The molecule has 3 nitrogen and oxygen atoms in total. The Kier molecular flexibility index (Phi) is 2.61. The van der Waals surface area contributed by atoms with Crippen molar-refractivity contribution in [2.24, 2.45) is 0 Å². The van der Waals surface area contributed by atoms with Gasteiger partial charge in [-0.25, -0.2) is 0 Å². The molecule has 3 heteroatoms. The molecule has 1 saturated heterocycles. The molecule has 0 bridgehead atoms. The van der Waals surface area contributed by atoms with Crippen molar-refractivity contribution in [1.82, 2.24) is 0 Å². The van der Waals surface area contributed by atoms with Gasteiger partial charge in [-0.05, 0) is 12.1 Å². The summed E-state index contributed by atoms with van der Waals surface area (Å²) in [6.07, 6.45) is 0. The smallest absolute Gasteiger partial charge is 0.0642 e. The number of hydrogen-bond donors (Lipinski definition) is 1. The number of ether oxygens (including phenoxy) is 1. The average Bonchev–Trinajstić information content (AvgIpc) is 2.41. The highest BCUT2D eigenvalue weighted by Gasteiger charge is 2.14. The first kappa shape index (κ1) is 10.4. The van der Waals surface area contributed by atoms with Crippen molar-refractivity contribution >= 4 is 22.1 Å². The van der Waals surface area contributed by atoms with E-state index < -0.39 is 0 Å². The lowest BCUT2D eigenvalue weighted by atomic mass is 10.1. The first-order chi connectivity index (χ1) is 8.36. The zero-order valence-corrected chi connectivity index (χ0v) is 9.73. The van der Waals surface area contributed by atoms with Crippen LogP contribution in [0.5, 0.6) is 0 Å². The summed E-state index contributed by atoms with van der Waals surface area (Å²) in [7, 11) is 0. The number of morpholine rings is 1. The molecule has 0 amide bonds. The Morgan fingerprint density at radius 1 is 0.941 bits per heavy atom. The molecule has 3 rings (SSSR count). The summed E-state index contributed by atoms with van der Waals surface area (Å²) in [4.78, 5) is 2.37. The van der Waals surface area contributed by atoms with Crippen molar-refractivity contribution in [1.29, 1.82) is 0 Å². The van der Waals surface area contributed by atoms with Crippen molar-refractivity contribution < 1.29 is 4.74 Å². The largest absolute Gasteiger partial charge is 0.398 e. The van der Waals surface area contributed by atoms with Crippen molar-refractivity contribution in [2.45, 2.75) is 0 Å². The summed E-state index contributed by atoms with van der Waals surface area (Å²) in [5.74, 6) is 0. The maximum Gasteiger partial charge on any atom is 0.0642 e. The molecule has 2 N–H and O–H groups in total. The third-order valence-corrected chi connectivity index (χ3v) is 3.29. The topological polar surface area (TPSA) is 38.5 Å². The van der Waals surface area contributed by atoms with Gasteiger partial charge < -0.3 is 15.4 Å². The number of anilines is 2.